The van der Waals surface area contributed by atoms with Crippen LogP contribution in [0.25, 0.3) is 11.0 Å². The molecule has 1 aromatic carbocycles. The van der Waals surface area contributed by atoms with E-state index in [-0.39, 0.29) is 16.8 Å². The van der Waals surface area contributed by atoms with Crippen LogP contribution in [0.3, 0.4) is 0 Å². The molecule has 0 bridgehead atoms. The zero-order chi connectivity index (χ0) is 14.5. The first-order valence-electron chi connectivity index (χ1n) is 6.87. The molecule has 0 spiro atoms. The lowest BCUT2D eigenvalue weighted by Gasteiger charge is -2.21. The SMILES string of the molecule is CC(C)C1(Cn2c(CCl)nc3c(F)cc(F)cc32)CC1. The van der Waals surface area contributed by atoms with Gasteiger partial charge in [0.1, 0.15) is 17.2 Å². The van der Waals surface area contributed by atoms with Gasteiger partial charge in [-0.15, -0.1) is 11.6 Å². The number of benzene rings is 1. The summed E-state index contributed by atoms with van der Waals surface area (Å²) in [5, 5.41) is 0. The Labute approximate surface area is 121 Å². The number of nitrogens with zero attached hydrogens (tertiary/aromatic N) is 2. The van der Waals surface area contributed by atoms with Crippen molar-refractivity contribution in [1.29, 1.82) is 0 Å². The van der Waals surface area contributed by atoms with Gasteiger partial charge in [0.15, 0.2) is 5.82 Å². The molecule has 108 valence electrons. The minimum Gasteiger partial charge on any atom is -0.326 e. The van der Waals surface area contributed by atoms with Crippen molar-refractivity contribution in [1.82, 2.24) is 9.55 Å². The van der Waals surface area contributed by atoms with Crippen LogP contribution in [-0.2, 0) is 12.4 Å². The first-order chi connectivity index (χ1) is 9.47. The maximum Gasteiger partial charge on any atom is 0.153 e. The van der Waals surface area contributed by atoms with Crippen molar-refractivity contribution < 1.29 is 8.78 Å². The Morgan fingerprint density at radius 3 is 2.60 bits per heavy atom. The Hall–Kier alpha value is -1.16. The number of fused-ring (bicyclic) bond motifs is 1. The number of halogens is 3. The molecule has 1 heterocycles. The number of imidazole rings is 1. The van der Waals surface area contributed by atoms with E-state index in [2.05, 4.69) is 18.8 Å². The zero-order valence-corrected chi connectivity index (χ0v) is 12.3. The fourth-order valence-electron chi connectivity index (χ4n) is 2.87. The molecule has 5 heteroatoms. The number of alkyl halides is 1. The van der Waals surface area contributed by atoms with E-state index in [0.717, 1.165) is 25.5 Å². The van der Waals surface area contributed by atoms with Crippen molar-refractivity contribution in [2.75, 3.05) is 0 Å². The predicted molar refractivity (Wildman–Crippen MR) is 75.7 cm³/mol. The summed E-state index contributed by atoms with van der Waals surface area (Å²) in [5.74, 6) is 0.134. The van der Waals surface area contributed by atoms with Crippen LogP contribution in [0.5, 0.6) is 0 Å². The van der Waals surface area contributed by atoms with E-state index in [1.807, 2.05) is 4.57 Å². The topological polar surface area (TPSA) is 17.8 Å². The summed E-state index contributed by atoms with van der Waals surface area (Å²) in [5.41, 5.74) is 0.934. The third kappa shape index (κ3) is 2.10. The second kappa shape index (κ2) is 4.69. The predicted octanol–water partition coefficient (Wildman–Crippen LogP) is 4.49. The Morgan fingerprint density at radius 1 is 1.35 bits per heavy atom. The normalized spacial score (nSPS) is 17.1. The smallest absolute Gasteiger partial charge is 0.153 e. The summed E-state index contributed by atoms with van der Waals surface area (Å²) in [6.45, 7) is 5.10. The number of aromatic nitrogens is 2. The van der Waals surface area contributed by atoms with Crippen molar-refractivity contribution in [3.63, 3.8) is 0 Å². The minimum absolute atomic E-state index is 0.198. The molecule has 1 aromatic heterocycles. The van der Waals surface area contributed by atoms with Crippen LogP contribution in [0, 0.1) is 23.0 Å². The molecule has 1 fully saturated rings. The highest BCUT2D eigenvalue weighted by atomic mass is 35.5. The first-order valence-corrected chi connectivity index (χ1v) is 7.40. The van der Waals surface area contributed by atoms with Crippen LogP contribution in [0.2, 0.25) is 0 Å². The molecule has 0 N–H and O–H groups in total. The van der Waals surface area contributed by atoms with Crippen molar-refractivity contribution in [3.05, 3.63) is 29.6 Å². The average molecular weight is 299 g/mol. The van der Waals surface area contributed by atoms with Gasteiger partial charge in [0, 0.05) is 12.6 Å². The molecule has 0 radical (unpaired) electrons. The molecule has 1 aliphatic carbocycles. The Bertz CT molecular complexity index is 659. The number of hydrogen-bond acceptors (Lipinski definition) is 1. The van der Waals surface area contributed by atoms with E-state index in [9.17, 15) is 8.78 Å². The summed E-state index contributed by atoms with van der Waals surface area (Å²) in [7, 11) is 0. The van der Waals surface area contributed by atoms with E-state index in [1.165, 1.54) is 6.07 Å². The van der Waals surface area contributed by atoms with Gasteiger partial charge in [0.05, 0.1) is 11.4 Å². The Morgan fingerprint density at radius 2 is 2.05 bits per heavy atom. The summed E-state index contributed by atoms with van der Waals surface area (Å²) < 4.78 is 29.2. The minimum atomic E-state index is -0.625. The standard InChI is InChI=1S/C15H17ClF2N2/c1-9(2)15(3-4-15)8-20-12-6-10(17)5-11(18)14(12)19-13(20)7-16/h5-6,9H,3-4,7-8H2,1-2H3. The molecule has 0 aliphatic heterocycles. The maximum atomic E-state index is 13.8. The quantitative estimate of drug-likeness (QED) is 0.761. The van der Waals surface area contributed by atoms with Gasteiger partial charge in [-0.2, -0.15) is 0 Å². The molecule has 2 aromatic rings. The van der Waals surface area contributed by atoms with Crippen molar-refractivity contribution in [2.24, 2.45) is 11.3 Å². The summed E-state index contributed by atoms with van der Waals surface area (Å²) in [6.07, 6.45) is 2.29. The van der Waals surface area contributed by atoms with Crippen LogP contribution in [0.1, 0.15) is 32.5 Å². The molecule has 0 amide bonds. The van der Waals surface area contributed by atoms with Crippen LogP contribution in [0.4, 0.5) is 8.78 Å². The lowest BCUT2D eigenvalue weighted by Crippen LogP contribution is -2.19. The molecule has 3 rings (SSSR count). The van der Waals surface area contributed by atoms with Gasteiger partial charge >= 0.3 is 0 Å². The van der Waals surface area contributed by atoms with Crippen LogP contribution in [0.15, 0.2) is 12.1 Å². The monoisotopic (exact) mass is 298 g/mol. The van der Waals surface area contributed by atoms with E-state index in [1.54, 1.807) is 0 Å². The van der Waals surface area contributed by atoms with E-state index in [4.69, 9.17) is 11.6 Å². The lowest BCUT2D eigenvalue weighted by molar-refractivity contribution is 0.309. The maximum absolute atomic E-state index is 13.8. The summed E-state index contributed by atoms with van der Waals surface area (Å²) in [4.78, 5) is 4.23. The van der Waals surface area contributed by atoms with Gasteiger partial charge in [0.25, 0.3) is 0 Å². The summed E-state index contributed by atoms with van der Waals surface area (Å²) >= 11 is 5.92. The second-order valence-electron chi connectivity index (χ2n) is 6.02. The Kier molecular flexibility index (Phi) is 3.24. The third-order valence-electron chi connectivity index (χ3n) is 4.56. The van der Waals surface area contributed by atoms with Gasteiger partial charge in [-0.25, -0.2) is 13.8 Å². The first kappa shape index (κ1) is 13.8. The fourth-order valence-corrected chi connectivity index (χ4v) is 3.07. The van der Waals surface area contributed by atoms with Gasteiger partial charge < -0.3 is 4.57 Å². The molecular formula is C15H17ClF2N2. The van der Waals surface area contributed by atoms with Crippen LogP contribution < -0.4 is 0 Å². The van der Waals surface area contributed by atoms with E-state index in [0.29, 0.717) is 17.3 Å². The second-order valence-corrected chi connectivity index (χ2v) is 6.29. The van der Waals surface area contributed by atoms with E-state index < -0.39 is 11.6 Å². The molecule has 1 aliphatic rings. The number of hydrogen-bond donors (Lipinski definition) is 0. The molecule has 1 saturated carbocycles. The average Bonchev–Trinajstić information content (AvgIpc) is 3.08. The highest BCUT2D eigenvalue weighted by Gasteiger charge is 2.46. The summed E-state index contributed by atoms with van der Waals surface area (Å²) in [6, 6.07) is 2.21. The Balaban J connectivity index is 2.13. The molecule has 2 nitrogen and oxygen atoms in total. The lowest BCUT2D eigenvalue weighted by atomic mass is 9.92. The van der Waals surface area contributed by atoms with Crippen molar-refractivity contribution in [3.8, 4) is 0 Å². The van der Waals surface area contributed by atoms with Crippen molar-refractivity contribution >= 4 is 22.6 Å². The van der Waals surface area contributed by atoms with Gasteiger partial charge in [-0.3, -0.25) is 0 Å². The van der Waals surface area contributed by atoms with Gasteiger partial charge in [0.2, 0.25) is 0 Å². The van der Waals surface area contributed by atoms with Crippen LogP contribution in [-0.4, -0.2) is 9.55 Å². The van der Waals surface area contributed by atoms with Crippen LogP contribution >= 0.6 is 11.6 Å². The van der Waals surface area contributed by atoms with E-state index >= 15 is 0 Å². The molecule has 0 unspecified atom stereocenters. The molecule has 0 saturated heterocycles. The fraction of sp³-hybridized carbons (Fsp3) is 0.533. The number of rotatable bonds is 4. The molecular weight excluding hydrogens is 282 g/mol. The molecule has 0 atom stereocenters. The largest absolute Gasteiger partial charge is 0.326 e. The highest BCUT2D eigenvalue weighted by Crippen LogP contribution is 2.53. The molecule has 20 heavy (non-hydrogen) atoms. The van der Waals surface area contributed by atoms with Gasteiger partial charge in [-0.1, -0.05) is 13.8 Å². The highest BCUT2D eigenvalue weighted by molar-refractivity contribution is 6.16. The van der Waals surface area contributed by atoms with Gasteiger partial charge in [-0.05, 0) is 30.2 Å². The zero-order valence-electron chi connectivity index (χ0n) is 11.6. The third-order valence-corrected chi connectivity index (χ3v) is 4.80. The van der Waals surface area contributed by atoms with Crippen molar-refractivity contribution in [2.45, 2.75) is 39.1 Å².